The summed E-state index contributed by atoms with van der Waals surface area (Å²) in [4.78, 5) is 0. The van der Waals surface area contributed by atoms with Crippen LogP contribution in [0.1, 0.15) is 22.7 Å². The second-order valence-electron chi connectivity index (χ2n) is 4.99. The first-order chi connectivity index (χ1) is 9.66. The van der Waals surface area contributed by atoms with Crippen LogP contribution in [0.2, 0.25) is 0 Å². The lowest BCUT2D eigenvalue weighted by Gasteiger charge is -2.02. The molecule has 1 N–H and O–H groups in total. The van der Waals surface area contributed by atoms with Crippen molar-refractivity contribution in [2.24, 2.45) is 7.05 Å². The zero-order chi connectivity index (χ0) is 14.1. The van der Waals surface area contributed by atoms with Crippen LogP contribution in [0.25, 0.3) is 10.9 Å². The summed E-state index contributed by atoms with van der Waals surface area (Å²) in [7, 11) is 1.97. The molecule has 0 saturated heterocycles. The average molecular weight is 270 g/mol. The molecule has 0 atom stereocenters. The number of nitrogens with zero attached hydrogens (tertiary/aromatic N) is 3. The number of aromatic nitrogens is 3. The first-order valence-corrected chi connectivity index (χ1v) is 6.70. The van der Waals surface area contributed by atoms with Gasteiger partial charge in [-0.3, -0.25) is 4.68 Å². The van der Waals surface area contributed by atoms with Gasteiger partial charge in [0.05, 0.1) is 16.9 Å². The summed E-state index contributed by atoms with van der Waals surface area (Å²) in [5.74, 6) is 0.876. The third kappa shape index (κ3) is 2.20. The van der Waals surface area contributed by atoms with Gasteiger partial charge in [-0.25, -0.2) is 0 Å². The maximum Gasteiger partial charge on any atom is 0.138 e. The molecule has 3 rings (SSSR count). The van der Waals surface area contributed by atoms with Crippen molar-refractivity contribution in [3.05, 3.63) is 47.0 Å². The van der Waals surface area contributed by atoms with Crippen LogP contribution in [0, 0.1) is 13.8 Å². The Balaban J connectivity index is 1.75. The van der Waals surface area contributed by atoms with Crippen LogP contribution in [0.15, 0.2) is 28.8 Å². The lowest BCUT2D eigenvalue weighted by atomic mass is 10.2. The fraction of sp³-hybridized carbons (Fsp3) is 0.333. The quantitative estimate of drug-likeness (QED) is 0.791. The molecule has 3 aromatic rings. The highest BCUT2D eigenvalue weighted by Gasteiger charge is 2.10. The van der Waals surface area contributed by atoms with Crippen LogP contribution in [-0.2, 0) is 20.1 Å². The number of hydrogen-bond donors (Lipinski definition) is 1. The van der Waals surface area contributed by atoms with Gasteiger partial charge in [0, 0.05) is 31.1 Å². The van der Waals surface area contributed by atoms with E-state index >= 15 is 0 Å². The van der Waals surface area contributed by atoms with E-state index in [1.165, 1.54) is 5.39 Å². The van der Waals surface area contributed by atoms with Crippen molar-refractivity contribution >= 4 is 10.9 Å². The monoisotopic (exact) mass is 270 g/mol. The van der Waals surface area contributed by atoms with Crippen LogP contribution in [0.5, 0.6) is 0 Å². The standard InChI is InChI=1S/C15H18N4O/c1-10-13(11(2)20-18-10)8-16-9-14-12-6-4-5-7-15(12)19(3)17-14/h4-7,16H,8-9H2,1-3H3. The molecule has 0 aliphatic rings. The largest absolute Gasteiger partial charge is 0.361 e. The smallest absolute Gasteiger partial charge is 0.138 e. The van der Waals surface area contributed by atoms with Crippen molar-refractivity contribution in [1.82, 2.24) is 20.3 Å². The van der Waals surface area contributed by atoms with Crippen LogP contribution in [0.4, 0.5) is 0 Å². The normalized spacial score (nSPS) is 11.3. The number of benzene rings is 1. The number of para-hydroxylation sites is 1. The van der Waals surface area contributed by atoms with Crippen molar-refractivity contribution in [2.45, 2.75) is 26.9 Å². The highest BCUT2D eigenvalue weighted by atomic mass is 16.5. The molecule has 0 radical (unpaired) electrons. The van der Waals surface area contributed by atoms with E-state index in [0.717, 1.165) is 41.3 Å². The van der Waals surface area contributed by atoms with Crippen LogP contribution >= 0.6 is 0 Å². The molecule has 0 amide bonds. The molecule has 0 saturated carbocycles. The lowest BCUT2D eigenvalue weighted by Crippen LogP contribution is -2.14. The molecule has 2 heterocycles. The molecule has 0 aliphatic heterocycles. The summed E-state index contributed by atoms with van der Waals surface area (Å²) in [5.41, 5.74) is 4.29. The second kappa shape index (κ2) is 5.09. The topological polar surface area (TPSA) is 55.9 Å². The van der Waals surface area contributed by atoms with E-state index < -0.39 is 0 Å². The fourth-order valence-corrected chi connectivity index (χ4v) is 2.48. The molecular formula is C15H18N4O. The van der Waals surface area contributed by atoms with Crippen molar-refractivity contribution in [1.29, 1.82) is 0 Å². The summed E-state index contributed by atoms with van der Waals surface area (Å²) in [5, 5.41) is 13.1. The van der Waals surface area contributed by atoms with Gasteiger partial charge < -0.3 is 9.84 Å². The van der Waals surface area contributed by atoms with E-state index in [9.17, 15) is 0 Å². The first kappa shape index (κ1) is 12.9. The van der Waals surface area contributed by atoms with Gasteiger partial charge in [0.15, 0.2) is 0 Å². The van der Waals surface area contributed by atoms with E-state index in [4.69, 9.17) is 4.52 Å². The van der Waals surface area contributed by atoms with Crippen LogP contribution < -0.4 is 5.32 Å². The zero-order valence-corrected chi connectivity index (χ0v) is 12.0. The third-order valence-corrected chi connectivity index (χ3v) is 3.61. The zero-order valence-electron chi connectivity index (χ0n) is 12.0. The summed E-state index contributed by atoms with van der Waals surface area (Å²) >= 11 is 0. The number of nitrogens with one attached hydrogen (secondary N) is 1. The summed E-state index contributed by atoms with van der Waals surface area (Å²) in [6.45, 7) is 5.37. The molecule has 2 aromatic heterocycles. The van der Waals surface area contributed by atoms with E-state index in [0.29, 0.717) is 0 Å². The maximum absolute atomic E-state index is 5.16. The minimum atomic E-state index is 0.728. The molecular weight excluding hydrogens is 252 g/mol. The number of hydrogen-bond acceptors (Lipinski definition) is 4. The summed E-state index contributed by atoms with van der Waals surface area (Å²) < 4.78 is 7.08. The van der Waals surface area contributed by atoms with Gasteiger partial charge in [-0.05, 0) is 19.9 Å². The van der Waals surface area contributed by atoms with Crippen molar-refractivity contribution in [3.63, 3.8) is 0 Å². The molecule has 104 valence electrons. The molecule has 5 heteroatoms. The molecule has 1 aromatic carbocycles. The van der Waals surface area contributed by atoms with Crippen molar-refractivity contribution in [2.75, 3.05) is 0 Å². The highest BCUT2D eigenvalue weighted by molar-refractivity contribution is 5.81. The van der Waals surface area contributed by atoms with Crippen molar-refractivity contribution in [3.8, 4) is 0 Å². The highest BCUT2D eigenvalue weighted by Crippen LogP contribution is 2.17. The molecule has 5 nitrogen and oxygen atoms in total. The Morgan fingerprint density at radius 2 is 2.00 bits per heavy atom. The van der Waals surface area contributed by atoms with Gasteiger partial charge in [-0.15, -0.1) is 0 Å². The van der Waals surface area contributed by atoms with E-state index in [1.54, 1.807) is 0 Å². The molecule has 0 bridgehead atoms. The molecule has 0 spiro atoms. The van der Waals surface area contributed by atoms with Gasteiger partial charge in [0.1, 0.15) is 5.76 Å². The predicted molar refractivity (Wildman–Crippen MR) is 77.2 cm³/mol. The lowest BCUT2D eigenvalue weighted by molar-refractivity contribution is 0.392. The Bertz CT molecular complexity index is 722. The van der Waals surface area contributed by atoms with Gasteiger partial charge in [0.2, 0.25) is 0 Å². The second-order valence-corrected chi connectivity index (χ2v) is 4.99. The van der Waals surface area contributed by atoms with Gasteiger partial charge >= 0.3 is 0 Å². The molecule has 0 aliphatic carbocycles. The van der Waals surface area contributed by atoms with Gasteiger partial charge in [-0.1, -0.05) is 23.4 Å². The minimum absolute atomic E-state index is 0.728. The average Bonchev–Trinajstić information content (AvgIpc) is 2.94. The first-order valence-electron chi connectivity index (χ1n) is 6.70. The van der Waals surface area contributed by atoms with E-state index in [1.807, 2.05) is 37.7 Å². The van der Waals surface area contributed by atoms with E-state index in [2.05, 4.69) is 27.7 Å². The molecule has 0 unspecified atom stereocenters. The van der Waals surface area contributed by atoms with Crippen molar-refractivity contribution < 1.29 is 4.52 Å². The Hall–Kier alpha value is -2.14. The number of rotatable bonds is 4. The Morgan fingerprint density at radius 1 is 1.20 bits per heavy atom. The number of fused-ring (bicyclic) bond motifs is 1. The van der Waals surface area contributed by atoms with Gasteiger partial charge in [-0.2, -0.15) is 5.10 Å². The van der Waals surface area contributed by atoms with Crippen LogP contribution in [0.3, 0.4) is 0 Å². The Kier molecular flexibility index (Phi) is 3.28. The SMILES string of the molecule is Cc1noc(C)c1CNCc1nn(C)c2ccccc12. The maximum atomic E-state index is 5.16. The Labute approximate surface area is 117 Å². The van der Waals surface area contributed by atoms with E-state index in [-0.39, 0.29) is 0 Å². The summed E-state index contributed by atoms with van der Waals surface area (Å²) in [6.07, 6.45) is 0. The van der Waals surface area contributed by atoms with Gasteiger partial charge in [0.25, 0.3) is 0 Å². The Morgan fingerprint density at radius 3 is 2.75 bits per heavy atom. The summed E-state index contributed by atoms with van der Waals surface area (Å²) in [6, 6.07) is 8.27. The number of aryl methyl sites for hydroxylation is 3. The molecule has 0 fully saturated rings. The molecule has 20 heavy (non-hydrogen) atoms. The third-order valence-electron chi connectivity index (χ3n) is 3.61. The predicted octanol–water partition coefficient (Wildman–Crippen LogP) is 2.47. The van der Waals surface area contributed by atoms with Crippen LogP contribution in [-0.4, -0.2) is 14.9 Å². The fourth-order valence-electron chi connectivity index (χ4n) is 2.48. The minimum Gasteiger partial charge on any atom is -0.361 e.